The summed E-state index contributed by atoms with van der Waals surface area (Å²) >= 11 is 0. The molecule has 3 heteroatoms. The van der Waals surface area contributed by atoms with Gasteiger partial charge in [0.2, 0.25) is 0 Å². The lowest BCUT2D eigenvalue weighted by atomic mass is 9.63. The molecule has 3 nitrogen and oxygen atoms in total. The second-order valence-corrected chi connectivity index (χ2v) is 6.18. The lowest BCUT2D eigenvalue weighted by Crippen LogP contribution is -2.57. The van der Waals surface area contributed by atoms with Gasteiger partial charge in [0.25, 0.3) is 0 Å². The Labute approximate surface area is 125 Å². The number of phenolic OH excluding ortho intramolecular Hbond substituents is 1. The number of aromatic hydroxyl groups is 1. The summed E-state index contributed by atoms with van der Waals surface area (Å²) < 4.78 is 0. The highest BCUT2D eigenvalue weighted by molar-refractivity contribution is 5.76. The average Bonchev–Trinajstić information content (AvgIpc) is 2.41. The van der Waals surface area contributed by atoms with Crippen molar-refractivity contribution in [1.29, 1.82) is 0 Å². The predicted octanol–water partition coefficient (Wildman–Crippen LogP) is 2.73. The number of hydrogen-bond acceptors (Lipinski definition) is 3. The van der Waals surface area contributed by atoms with Crippen LogP contribution in [0, 0.1) is 17.8 Å². The summed E-state index contributed by atoms with van der Waals surface area (Å²) in [6, 6.07) is 5.49. The number of terminal acetylenes is 1. The molecule has 0 atom stereocenters. The summed E-state index contributed by atoms with van der Waals surface area (Å²) in [6.07, 6.45) is 7.89. The van der Waals surface area contributed by atoms with Gasteiger partial charge in [0.1, 0.15) is 5.75 Å². The van der Waals surface area contributed by atoms with Crippen LogP contribution in [0.3, 0.4) is 0 Å². The maximum Gasteiger partial charge on any atom is 0.167 e. The van der Waals surface area contributed by atoms with Gasteiger partial charge in [-0.1, -0.05) is 6.07 Å². The Bertz CT molecular complexity index is 700. The normalized spacial score (nSPS) is 20.9. The Kier molecular flexibility index (Phi) is 3.07. The number of nitrogens with zero attached hydrogens (tertiary/aromatic N) is 1. The molecular weight excluding hydrogens is 262 g/mol. The van der Waals surface area contributed by atoms with Crippen LogP contribution in [-0.2, 0) is 6.42 Å². The molecule has 3 rings (SSSR count). The molecule has 1 spiro atoms. The van der Waals surface area contributed by atoms with E-state index in [4.69, 9.17) is 6.42 Å². The van der Waals surface area contributed by atoms with Crippen molar-refractivity contribution < 1.29 is 10.2 Å². The SMILES string of the molecule is C#C/C(O)=C\C1=C(C)c2ccc(O)cc2CC12CN(C)C2. The van der Waals surface area contributed by atoms with Crippen molar-refractivity contribution in [3.05, 3.63) is 46.7 Å². The Morgan fingerprint density at radius 1 is 1.43 bits per heavy atom. The summed E-state index contributed by atoms with van der Waals surface area (Å²) in [5.74, 6) is 2.57. The van der Waals surface area contributed by atoms with Crippen molar-refractivity contribution in [2.24, 2.45) is 5.41 Å². The molecule has 1 aromatic carbocycles. The van der Waals surface area contributed by atoms with Crippen LogP contribution in [0.4, 0.5) is 0 Å². The second kappa shape index (κ2) is 4.68. The van der Waals surface area contributed by atoms with E-state index in [9.17, 15) is 10.2 Å². The molecule has 2 aliphatic rings. The van der Waals surface area contributed by atoms with Gasteiger partial charge in [-0.15, -0.1) is 6.42 Å². The number of likely N-dealkylation sites (tertiary alicyclic amines) is 1. The lowest BCUT2D eigenvalue weighted by molar-refractivity contribution is 0.0575. The molecule has 1 heterocycles. The smallest absolute Gasteiger partial charge is 0.167 e. The summed E-state index contributed by atoms with van der Waals surface area (Å²) in [5.41, 5.74) is 4.53. The lowest BCUT2D eigenvalue weighted by Gasteiger charge is -2.52. The standard InChI is InChI=1S/C18H19NO2/c1-4-14(20)8-17-12(2)16-6-5-15(21)7-13(16)9-18(17)10-19(3)11-18/h1,5-8,20-21H,9-11H2,2-3H3/b14-8+. The fourth-order valence-electron chi connectivity index (χ4n) is 3.80. The largest absolute Gasteiger partial charge is 0.508 e. The van der Waals surface area contributed by atoms with Crippen molar-refractivity contribution in [3.63, 3.8) is 0 Å². The van der Waals surface area contributed by atoms with Crippen LogP contribution in [-0.4, -0.2) is 35.3 Å². The third-order valence-electron chi connectivity index (χ3n) is 4.57. The van der Waals surface area contributed by atoms with Gasteiger partial charge >= 0.3 is 0 Å². The van der Waals surface area contributed by atoms with Gasteiger partial charge in [0.05, 0.1) is 0 Å². The summed E-state index contributed by atoms with van der Waals surface area (Å²) in [4.78, 5) is 2.25. The molecule has 0 unspecified atom stereocenters. The third kappa shape index (κ3) is 2.12. The van der Waals surface area contributed by atoms with Crippen LogP contribution in [0.1, 0.15) is 18.1 Å². The number of hydrogen-bond donors (Lipinski definition) is 2. The van der Waals surface area contributed by atoms with Gasteiger partial charge in [0.15, 0.2) is 5.76 Å². The molecule has 1 aromatic rings. The van der Waals surface area contributed by atoms with Gasteiger partial charge in [-0.05, 0) is 66.8 Å². The number of rotatable bonds is 1. The summed E-state index contributed by atoms with van der Waals surface area (Å²) in [5, 5.41) is 19.5. The van der Waals surface area contributed by atoms with Crippen LogP contribution < -0.4 is 0 Å². The van der Waals surface area contributed by atoms with E-state index < -0.39 is 0 Å². The molecule has 21 heavy (non-hydrogen) atoms. The topological polar surface area (TPSA) is 43.7 Å². The van der Waals surface area contributed by atoms with Crippen LogP contribution >= 0.6 is 0 Å². The molecular formula is C18H19NO2. The number of benzene rings is 1. The van der Waals surface area contributed by atoms with Crippen LogP contribution in [0.25, 0.3) is 5.57 Å². The molecule has 0 aromatic heterocycles. The number of aliphatic hydroxyl groups excluding tert-OH is 1. The second-order valence-electron chi connectivity index (χ2n) is 6.18. The van der Waals surface area contributed by atoms with Gasteiger partial charge in [-0.25, -0.2) is 0 Å². The number of phenols is 1. The zero-order valence-corrected chi connectivity index (χ0v) is 12.3. The monoisotopic (exact) mass is 281 g/mol. The van der Waals surface area contributed by atoms with E-state index in [1.54, 1.807) is 12.1 Å². The third-order valence-corrected chi connectivity index (χ3v) is 4.57. The molecule has 1 fully saturated rings. The molecule has 1 saturated heterocycles. The summed E-state index contributed by atoms with van der Waals surface area (Å²) in [6.45, 7) is 3.93. The highest BCUT2D eigenvalue weighted by Crippen LogP contribution is 2.49. The van der Waals surface area contributed by atoms with Crippen molar-refractivity contribution in [3.8, 4) is 18.1 Å². The zero-order valence-electron chi connectivity index (χ0n) is 12.3. The van der Waals surface area contributed by atoms with Crippen LogP contribution in [0.5, 0.6) is 5.75 Å². The van der Waals surface area contributed by atoms with Crippen molar-refractivity contribution in [2.45, 2.75) is 13.3 Å². The van der Waals surface area contributed by atoms with Gasteiger partial charge in [-0.3, -0.25) is 0 Å². The first kappa shape index (κ1) is 13.8. The highest BCUT2D eigenvalue weighted by Gasteiger charge is 2.46. The van der Waals surface area contributed by atoms with Crippen molar-refractivity contribution >= 4 is 5.57 Å². The zero-order chi connectivity index (χ0) is 15.2. The van der Waals surface area contributed by atoms with E-state index in [0.29, 0.717) is 5.75 Å². The van der Waals surface area contributed by atoms with Crippen molar-refractivity contribution in [2.75, 3.05) is 20.1 Å². The van der Waals surface area contributed by atoms with Crippen LogP contribution in [0.2, 0.25) is 0 Å². The van der Waals surface area contributed by atoms with Gasteiger partial charge in [0, 0.05) is 18.5 Å². The number of fused-ring (bicyclic) bond motifs is 1. The fraction of sp³-hybridized carbons (Fsp3) is 0.333. The van der Waals surface area contributed by atoms with Crippen molar-refractivity contribution in [1.82, 2.24) is 4.90 Å². The van der Waals surface area contributed by atoms with E-state index in [-0.39, 0.29) is 11.2 Å². The first-order chi connectivity index (χ1) is 9.95. The highest BCUT2D eigenvalue weighted by atomic mass is 16.3. The molecule has 0 bridgehead atoms. The van der Waals surface area contributed by atoms with Gasteiger partial charge in [-0.2, -0.15) is 0 Å². The summed E-state index contributed by atoms with van der Waals surface area (Å²) in [7, 11) is 2.08. The number of allylic oxidation sites excluding steroid dienone is 3. The van der Waals surface area contributed by atoms with Crippen LogP contribution in [0.15, 0.2) is 35.6 Å². The van der Waals surface area contributed by atoms with Gasteiger partial charge < -0.3 is 15.1 Å². The molecule has 0 radical (unpaired) electrons. The Morgan fingerprint density at radius 3 is 2.76 bits per heavy atom. The van der Waals surface area contributed by atoms with E-state index in [2.05, 4.69) is 24.8 Å². The predicted molar refractivity (Wildman–Crippen MR) is 83.9 cm³/mol. The Hall–Kier alpha value is -2.18. The fourth-order valence-corrected chi connectivity index (χ4v) is 3.80. The first-order valence-corrected chi connectivity index (χ1v) is 7.05. The quantitative estimate of drug-likeness (QED) is 0.614. The minimum Gasteiger partial charge on any atom is -0.508 e. The maximum atomic E-state index is 9.78. The van der Waals surface area contributed by atoms with E-state index >= 15 is 0 Å². The minimum absolute atomic E-state index is 0.00947. The van der Waals surface area contributed by atoms with E-state index in [1.165, 1.54) is 0 Å². The van der Waals surface area contributed by atoms with E-state index in [0.717, 1.165) is 41.8 Å². The molecule has 0 amide bonds. The molecule has 1 aliphatic heterocycles. The molecule has 2 N–H and O–H groups in total. The molecule has 1 aliphatic carbocycles. The minimum atomic E-state index is -0.0273. The maximum absolute atomic E-state index is 9.78. The average molecular weight is 281 g/mol. The number of aliphatic hydroxyl groups is 1. The molecule has 0 saturated carbocycles. The Morgan fingerprint density at radius 2 is 2.14 bits per heavy atom. The first-order valence-electron chi connectivity index (χ1n) is 7.05. The van der Waals surface area contributed by atoms with E-state index in [1.807, 2.05) is 12.1 Å². The molecule has 108 valence electrons. The Balaban J connectivity index is 2.17.